The van der Waals surface area contributed by atoms with Crippen molar-refractivity contribution in [2.75, 3.05) is 10.6 Å². The van der Waals surface area contributed by atoms with E-state index in [0.717, 1.165) is 24.1 Å². The summed E-state index contributed by atoms with van der Waals surface area (Å²) < 4.78 is 0. The van der Waals surface area contributed by atoms with Crippen LogP contribution in [0.25, 0.3) is 0 Å². The minimum Gasteiger partial charge on any atom is -0.326 e. The van der Waals surface area contributed by atoms with E-state index in [1.54, 1.807) is 30.3 Å². The van der Waals surface area contributed by atoms with Crippen LogP contribution in [0.4, 0.5) is 11.4 Å². The molecule has 2 aromatic carbocycles. The molecular formula is C18H18N2O2. The van der Waals surface area contributed by atoms with Gasteiger partial charge in [-0.25, -0.2) is 0 Å². The number of nitrogens with one attached hydrogen (secondary N) is 2. The molecule has 1 fully saturated rings. The highest BCUT2D eigenvalue weighted by Gasteiger charge is 2.29. The van der Waals surface area contributed by atoms with Gasteiger partial charge in [-0.2, -0.15) is 0 Å². The largest absolute Gasteiger partial charge is 0.326 e. The standard InChI is InChI=1S/C18H18N2O2/c1-12-3-2-4-14(11-12)18(22)20-16-9-7-15(8-10-16)19-17(21)13-5-6-13/h2-4,7-11,13H,5-6H2,1H3,(H,19,21)(H,20,22). The minimum absolute atomic E-state index is 0.0801. The fourth-order valence-corrected chi connectivity index (χ4v) is 2.22. The predicted molar refractivity (Wildman–Crippen MR) is 86.9 cm³/mol. The number of hydrogen-bond acceptors (Lipinski definition) is 2. The highest BCUT2D eigenvalue weighted by Crippen LogP contribution is 2.30. The summed E-state index contributed by atoms with van der Waals surface area (Å²) in [6.45, 7) is 1.95. The van der Waals surface area contributed by atoms with Gasteiger partial charge >= 0.3 is 0 Å². The van der Waals surface area contributed by atoms with Crippen LogP contribution in [0, 0.1) is 12.8 Å². The van der Waals surface area contributed by atoms with Crippen LogP contribution in [0.1, 0.15) is 28.8 Å². The smallest absolute Gasteiger partial charge is 0.255 e. The van der Waals surface area contributed by atoms with Crippen LogP contribution in [0.15, 0.2) is 48.5 Å². The number of carbonyl (C=O) groups excluding carboxylic acids is 2. The van der Waals surface area contributed by atoms with E-state index in [0.29, 0.717) is 11.3 Å². The quantitative estimate of drug-likeness (QED) is 0.905. The lowest BCUT2D eigenvalue weighted by Gasteiger charge is -2.08. The molecule has 0 atom stereocenters. The third kappa shape index (κ3) is 3.52. The van der Waals surface area contributed by atoms with Gasteiger partial charge in [0.2, 0.25) is 5.91 Å². The molecule has 0 saturated heterocycles. The molecule has 2 aromatic rings. The van der Waals surface area contributed by atoms with E-state index in [9.17, 15) is 9.59 Å². The summed E-state index contributed by atoms with van der Waals surface area (Å²) in [5.74, 6) is 0.121. The highest BCUT2D eigenvalue weighted by molar-refractivity contribution is 6.04. The minimum atomic E-state index is -0.140. The van der Waals surface area contributed by atoms with Gasteiger partial charge in [0.15, 0.2) is 0 Å². The molecule has 0 bridgehead atoms. The van der Waals surface area contributed by atoms with Gasteiger partial charge in [-0.1, -0.05) is 17.7 Å². The molecule has 22 heavy (non-hydrogen) atoms. The van der Waals surface area contributed by atoms with E-state index in [4.69, 9.17) is 0 Å². The van der Waals surface area contributed by atoms with Crippen molar-refractivity contribution < 1.29 is 9.59 Å². The van der Waals surface area contributed by atoms with Crippen molar-refractivity contribution in [2.45, 2.75) is 19.8 Å². The second-order valence-electron chi connectivity index (χ2n) is 5.66. The van der Waals surface area contributed by atoms with E-state index >= 15 is 0 Å². The zero-order chi connectivity index (χ0) is 15.5. The molecule has 1 aliphatic rings. The Labute approximate surface area is 129 Å². The van der Waals surface area contributed by atoms with Gasteiger partial charge in [0.05, 0.1) is 0 Å². The van der Waals surface area contributed by atoms with Crippen LogP contribution in [-0.2, 0) is 4.79 Å². The Morgan fingerprint density at radius 1 is 0.955 bits per heavy atom. The molecule has 0 heterocycles. The Hall–Kier alpha value is -2.62. The van der Waals surface area contributed by atoms with Gasteiger partial charge < -0.3 is 10.6 Å². The van der Waals surface area contributed by atoms with Crippen LogP contribution < -0.4 is 10.6 Å². The second-order valence-corrected chi connectivity index (χ2v) is 5.66. The van der Waals surface area contributed by atoms with E-state index in [1.807, 2.05) is 25.1 Å². The molecule has 1 saturated carbocycles. The number of aryl methyl sites for hydroxylation is 1. The molecule has 2 N–H and O–H groups in total. The van der Waals surface area contributed by atoms with Gasteiger partial charge in [-0.05, 0) is 56.2 Å². The molecule has 4 nitrogen and oxygen atoms in total. The summed E-state index contributed by atoms with van der Waals surface area (Å²) in [6, 6.07) is 14.6. The molecule has 0 spiro atoms. The first-order valence-corrected chi connectivity index (χ1v) is 7.41. The van der Waals surface area contributed by atoms with Crippen LogP contribution >= 0.6 is 0 Å². The van der Waals surface area contributed by atoms with Crippen molar-refractivity contribution in [1.82, 2.24) is 0 Å². The zero-order valence-electron chi connectivity index (χ0n) is 12.4. The van der Waals surface area contributed by atoms with Crippen LogP contribution in [0.3, 0.4) is 0 Å². The maximum absolute atomic E-state index is 12.1. The average Bonchev–Trinajstić information content (AvgIpc) is 3.34. The molecule has 1 aliphatic carbocycles. The lowest BCUT2D eigenvalue weighted by atomic mass is 10.1. The fourth-order valence-electron chi connectivity index (χ4n) is 2.22. The van der Waals surface area contributed by atoms with Gasteiger partial charge in [-0.15, -0.1) is 0 Å². The Morgan fingerprint density at radius 2 is 1.59 bits per heavy atom. The molecule has 0 radical (unpaired) electrons. The van der Waals surface area contributed by atoms with Crippen molar-refractivity contribution >= 4 is 23.2 Å². The Bertz CT molecular complexity index is 703. The van der Waals surface area contributed by atoms with Gasteiger partial charge in [0, 0.05) is 22.9 Å². The normalized spacial score (nSPS) is 13.5. The summed E-state index contributed by atoms with van der Waals surface area (Å²) in [6.07, 6.45) is 1.97. The van der Waals surface area contributed by atoms with Crippen LogP contribution in [-0.4, -0.2) is 11.8 Å². The molecular weight excluding hydrogens is 276 g/mol. The number of benzene rings is 2. The second kappa shape index (κ2) is 6.02. The van der Waals surface area contributed by atoms with Gasteiger partial charge in [0.25, 0.3) is 5.91 Å². The summed E-state index contributed by atoms with van der Waals surface area (Å²) in [5.41, 5.74) is 3.14. The number of rotatable bonds is 4. The van der Waals surface area contributed by atoms with Crippen molar-refractivity contribution in [1.29, 1.82) is 0 Å². The van der Waals surface area contributed by atoms with Crippen molar-refractivity contribution in [3.05, 3.63) is 59.7 Å². The lowest BCUT2D eigenvalue weighted by molar-refractivity contribution is -0.117. The molecule has 0 unspecified atom stereocenters. The summed E-state index contributed by atoms with van der Waals surface area (Å²) in [4.78, 5) is 23.8. The number of amides is 2. The maximum atomic E-state index is 12.1. The van der Waals surface area contributed by atoms with E-state index in [1.165, 1.54) is 0 Å². The van der Waals surface area contributed by atoms with Crippen LogP contribution in [0.2, 0.25) is 0 Å². The Morgan fingerprint density at radius 3 is 2.18 bits per heavy atom. The van der Waals surface area contributed by atoms with E-state index in [2.05, 4.69) is 10.6 Å². The topological polar surface area (TPSA) is 58.2 Å². The Balaban J connectivity index is 1.63. The third-order valence-corrected chi connectivity index (χ3v) is 3.64. The first-order valence-electron chi connectivity index (χ1n) is 7.41. The molecule has 2 amide bonds. The average molecular weight is 294 g/mol. The predicted octanol–water partition coefficient (Wildman–Crippen LogP) is 3.60. The van der Waals surface area contributed by atoms with Gasteiger partial charge in [-0.3, -0.25) is 9.59 Å². The number of anilines is 2. The van der Waals surface area contributed by atoms with Gasteiger partial charge in [0.1, 0.15) is 0 Å². The fraction of sp³-hybridized carbons (Fsp3) is 0.222. The summed E-state index contributed by atoms with van der Waals surface area (Å²) in [7, 11) is 0. The Kier molecular flexibility index (Phi) is 3.92. The molecule has 0 aliphatic heterocycles. The lowest BCUT2D eigenvalue weighted by Crippen LogP contribution is -2.14. The third-order valence-electron chi connectivity index (χ3n) is 3.64. The summed E-state index contributed by atoms with van der Waals surface area (Å²) in [5, 5.41) is 5.72. The molecule has 0 aromatic heterocycles. The molecule has 112 valence electrons. The maximum Gasteiger partial charge on any atom is 0.255 e. The van der Waals surface area contributed by atoms with E-state index in [-0.39, 0.29) is 17.7 Å². The van der Waals surface area contributed by atoms with Crippen molar-refractivity contribution in [3.63, 3.8) is 0 Å². The first kappa shape index (κ1) is 14.3. The molecule has 4 heteroatoms. The van der Waals surface area contributed by atoms with Crippen molar-refractivity contribution in [2.24, 2.45) is 5.92 Å². The number of carbonyl (C=O) groups is 2. The zero-order valence-corrected chi connectivity index (χ0v) is 12.4. The van der Waals surface area contributed by atoms with Crippen molar-refractivity contribution in [3.8, 4) is 0 Å². The number of hydrogen-bond donors (Lipinski definition) is 2. The highest BCUT2D eigenvalue weighted by atomic mass is 16.2. The first-order chi connectivity index (χ1) is 10.6. The SMILES string of the molecule is Cc1cccc(C(=O)Nc2ccc(NC(=O)C3CC3)cc2)c1. The van der Waals surface area contributed by atoms with E-state index < -0.39 is 0 Å². The molecule has 3 rings (SSSR count). The van der Waals surface area contributed by atoms with Crippen LogP contribution in [0.5, 0.6) is 0 Å². The summed E-state index contributed by atoms with van der Waals surface area (Å²) >= 11 is 0. The monoisotopic (exact) mass is 294 g/mol.